The molecular formula is C26H31FN8OS. The van der Waals surface area contributed by atoms with Crippen molar-refractivity contribution in [2.45, 2.75) is 25.7 Å². The summed E-state index contributed by atoms with van der Waals surface area (Å²) in [5.41, 5.74) is 0.953. The molecule has 37 heavy (non-hydrogen) atoms. The highest BCUT2D eigenvalue weighted by atomic mass is 32.1. The Hall–Kier alpha value is -3.47. The van der Waals surface area contributed by atoms with Crippen molar-refractivity contribution in [1.82, 2.24) is 19.9 Å². The molecule has 3 aliphatic rings. The largest absolute Gasteiger partial charge is 0.356 e. The highest BCUT2D eigenvalue weighted by molar-refractivity contribution is 7.14. The fourth-order valence-electron chi connectivity index (χ4n) is 5.17. The Labute approximate surface area is 219 Å². The second kappa shape index (κ2) is 10.5. The summed E-state index contributed by atoms with van der Waals surface area (Å²) in [6.45, 7) is 6.65. The second-order valence-electron chi connectivity index (χ2n) is 9.69. The lowest BCUT2D eigenvalue weighted by Gasteiger charge is -2.35. The van der Waals surface area contributed by atoms with Crippen LogP contribution in [-0.4, -0.2) is 78.2 Å². The third kappa shape index (κ3) is 5.18. The number of hydrogen-bond acceptors (Lipinski definition) is 8. The molecule has 0 bridgehead atoms. The molecule has 0 unspecified atom stereocenters. The van der Waals surface area contributed by atoms with Crippen LogP contribution in [0.3, 0.4) is 0 Å². The highest BCUT2D eigenvalue weighted by Gasteiger charge is 2.26. The van der Waals surface area contributed by atoms with Gasteiger partial charge in [-0.2, -0.15) is 9.97 Å². The molecule has 0 saturated carbocycles. The molecule has 9 nitrogen and oxygen atoms in total. The molecule has 1 N–H and O–H groups in total. The van der Waals surface area contributed by atoms with E-state index in [2.05, 4.69) is 31.1 Å². The molecule has 3 aliphatic heterocycles. The summed E-state index contributed by atoms with van der Waals surface area (Å²) in [7, 11) is 0. The fourth-order valence-corrected chi connectivity index (χ4v) is 5.87. The number of piperazine rings is 1. The first-order chi connectivity index (χ1) is 18.1. The van der Waals surface area contributed by atoms with E-state index in [1.165, 1.54) is 43.1 Å². The number of nitrogens with one attached hydrogen (secondary N) is 1. The van der Waals surface area contributed by atoms with Crippen molar-refractivity contribution in [3.05, 3.63) is 41.5 Å². The zero-order valence-electron chi connectivity index (χ0n) is 20.8. The maximum Gasteiger partial charge on any atom is 0.323 e. The number of urea groups is 1. The minimum Gasteiger partial charge on any atom is -0.356 e. The Morgan fingerprint density at radius 2 is 1.43 bits per heavy atom. The molecule has 0 atom stereocenters. The number of carbonyl (C=O) groups excluding carboxylic acids is 1. The topological polar surface area (TPSA) is 80.7 Å². The third-order valence-electron chi connectivity index (χ3n) is 7.26. The lowest BCUT2D eigenvalue weighted by atomic mass is 10.2. The van der Waals surface area contributed by atoms with Crippen LogP contribution in [0.5, 0.6) is 0 Å². The van der Waals surface area contributed by atoms with E-state index >= 15 is 0 Å². The van der Waals surface area contributed by atoms with Crippen molar-refractivity contribution in [3.8, 4) is 11.3 Å². The number of aromatic nitrogens is 3. The average molecular weight is 523 g/mol. The summed E-state index contributed by atoms with van der Waals surface area (Å²) >= 11 is 1.30. The Kier molecular flexibility index (Phi) is 6.77. The van der Waals surface area contributed by atoms with Crippen LogP contribution >= 0.6 is 11.3 Å². The summed E-state index contributed by atoms with van der Waals surface area (Å²) in [5.74, 6) is 2.45. The van der Waals surface area contributed by atoms with E-state index < -0.39 is 0 Å². The number of halogens is 1. The van der Waals surface area contributed by atoms with Crippen molar-refractivity contribution in [2.24, 2.45) is 0 Å². The van der Waals surface area contributed by atoms with Crippen LogP contribution in [0.15, 0.2) is 35.7 Å². The van der Waals surface area contributed by atoms with Gasteiger partial charge in [-0.3, -0.25) is 5.32 Å². The summed E-state index contributed by atoms with van der Waals surface area (Å²) < 4.78 is 14.1. The molecule has 0 spiro atoms. The van der Waals surface area contributed by atoms with E-state index in [9.17, 15) is 9.18 Å². The molecule has 0 aliphatic carbocycles. The van der Waals surface area contributed by atoms with E-state index in [1.54, 1.807) is 28.5 Å². The van der Waals surface area contributed by atoms with Crippen LogP contribution in [0.25, 0.3) is 11.3 Å². The molecule has 11 heteroatoms. The summed E-state index contributed by atoms with van der Waals surface area (Å²) in [5, 5.41) is 5.11. The smallest absolute Gasteiger partial charge is 0.323 e. The third-order valence-corrected chi connectivity index (χ3v) is 8.02. The van der Waals surface area contributed by atoms with E-state index in [0.717, 1.165) is 43.8 Å². The van der Waals surface area contributed by atoms with Crippen molar-refractivity contribution < 1.29 is 9.18 Å². The quantitative estimate of drug-likeness (QED) is 0.535. The average Bonchev–Trinajstić information content (AvgIpc) is 3.72. The Balaban J connectivity index is 1.11. The Morgan fingerprint density at radius 1 is 0.811 bits per heavy atom. The lowest BCUT2D eigenvalue weighted by molar-refractivity contribution is 0.208. The van der Waals surface area contributed by atoms with Gasteiger partial charge in [0.2, 0.25) is 5.95 Å². The minimum atomic E-state index is -0.327. The van der Waals surface area contributed by atoms with Gasteiger partial charge in [0.1, 0.15) is 17.5 Å². The van der Waals surface area contributed by atoms with Gasteiger partial charge in [-0.15, -0.1) is 11.3 Å². The van der Waals surface area contributed by atoms with Crippen LogP contribution in [0.2, 0.25) is 0 Å². The molecule has 194 valence electrons. The number of hydrogen-bond donors (Lipinski definition) is 1. The highest BCUT2D eigenvalue weighted by Crippen LogP contribution is 2.29. The summed E-state index contributed by atoms with van der Waals surface area (Å²) in [6, 6.07) is 8.44. The predicted octanol–water partition coefficient (Wildman–Crippen LogP) is 4.29. The van der Waals surface area contributed by atoms with E-state index in [0.29, 0.717) is 42.6 Å². The predicted molar refractivity (Wildman–Crippen MR) is 145 cm³/mol. The number of benzene rings is 1. The first-order valence-corrected chi connectivity index (χ1v) is 13.9. The van der Waals surface area contributed by atoms with Crippen molar-refractivity contribution in [1.29, 1.82) is 0 Å². The monoisotopic (exact) mass is 522 g/mol. The molecule has 3 aromatic rings. The lowest BCUT2D eigenvalue weighted by Crippen LogP contribution is -2.50. The van der Waals surface area contributed by atoms with Gasteiger partial charge >= 0.3 is 6.03 Å². The molecule has 5 heterocycles. The van der Waals surface area contributed by atoms with Crippen LogP contribution in [-0.2, 0) is 0 Å². The Morgan fingerprint density at radius 3 is 2.11 bits per heavy atom. The van der Waals surface area contributed by atoms with Crippen molar-refractivity contribution in [3.63, 3.8) is 0 Å². The molecule has 3 saturated heterocycles. The summed E-state index contributed by atoms with van der Waals surface area (Å²) in [4.78, 5) is 35.9. The van der Waals surface area contributed by atoms with E-state index in [-0.39, 0.29) is 11.8 Å². The van der Waals surface area contributed by atoms with Gasteiger partial charge in [0, 0.05) is 69.4 Å². The van der Waals surface area contributed by atoms with Gasteiger partial charge in [-0.05, 0) is 37.8 Å². The molecule has 1 aromatic carbocycles. The van der Waals surface area contributed by atoms with Crippen LogP contribution in [0.1, 0.15) is 25.7 Å². The standard InChI is InChI=1S/C26H31FN8OS/c27-20-8-2-1-7-19(20)21-18-37-25(28-21)31-26(36)35-15-13-33(14-16-35)23-17-22(32-9-3-4-10-32)29-24(30-23)34-11-5-6-12-34/h1-2,7-8,17-18H,3-6,9-16H2,(H,28,31,36). The van der Waals surface area contributed by atoms with Gasteiger partial charge in [0.25, 0.3) is 0 Å². The second-order valence-corrected chi connectivity index (χ2v) is 10.6. The van der Waals surface area contributed by atoms with E-state index in [4.69, 9.17) is 9.97 Å². The Bertz CT molecular complexity index is 1210. The fraction of sp³-hybridized carbons (Fsp3) is 0.462. The molecular weight excluding hydrogens is 491 g/mol. The summed E-state index contributed by atoms with van der Waals surface area (Å²) in [6.07, 6.45) is 4.77. The van der Waals surface area contributed by atoms with Gasteiger partial charge in [0.05, 0.1) is 5.69 Å². The number of carbonyl (C=O) groups is 1. The molecule has 6 rings (SSSR count). The van der Waals surface area contributed by atoms with Gasteiger partial charge in [-0.25, -0.2) is 14.2 Å². The first kappa shape index (κ1) is 23.9. The zero-order chi connectivity index (χ0) is 25.2. The number of nitrogens with zero attached hydrogens (tertiary/aromatic N) is 7. The molecule has 0 radical (unpaired) electrons. The van der Waals surface area contributed by atoms with Gasteiger partial charge < -0.3 is 19.6 Å². The van der Waals surface area contributed by atoms with E-state index in [1.807, 2.05) is 0 Å². The normalized spacial score (nSPS) is 18.1. The number of anilines is 4. The van der Waals surface area contributed by atoms with Crippen molar-refractivity contribution >= 4 is 40.1 Å². The maximum atomic E-state index is 14.1. The number of thiazole rings is 1. The SMILES string of the molecule is O=C(Nc1nc(-c2ccccc2F)cs1)N1CCN(c2cc(N3CCCC3)nc(N3CCCC3)n2)CC1. The molecule has 3 fully saturated rings. The van der Waals surface area contributed by atoms with Gasteiger partial charge in [-0.1, -0.05) is 12.1 Å². The van der Waals surface area contributed by atoms with Crippen molar-refractivity contribution in [2.75, 3.05) is 72.4 Å². The zero-order valence-corrected chi connectivity index (χ0v) is 21.6. The van der Waals surface area contributed by atoms with Gasteiger partial charge in [0.15, 0.2) is 5.13 Å². The molecule has 2 amide bonds. The number of amides is 2. The minimum absolute atomic E-state index is 0.188. The first-order valence-electron chi connectivity index (χ1n) is 13.0. The number of rotatable bonds is 5. The van der Waals surface area contributed by atoms with Crippen LogP contribution in [0.4, 0.5) is 31.9 Å². The molecule has 2 aromatic heterocycles. The van der Waals surface area contributed by atoms with Crippen LogP contribution < -0.4 is 20.0 Å². The van der Waals surface area contributed by atoms with Crippen LogP contribution in [0, 0.1) is 5.82 Å². The maximum absolute atomic E-state index is 14.1.